The molecule has 0 fully saturated rings. The largest absolute Gasteiger partial charge is 0.468 e. The quantitative estimate of drug-likeness (QED) is 0.627. The number of rotatable bonds is 9. The molecule has 1 rings (SSSR count). The molecular formula is C13H23NO. The molecule has 0 atom stereocenters. The van der Waals surface area contributed by atoms with E-state index in [0.29, 0.717) is 0 Å². The van der Waals surface area contributed by atoms with Crippen LogP contribution < -0.4 is 5.32 Å². The Bertz CT molecular complexity index is 218. The van der Waals surface area contributed by atoms with E-state index >= 15 is 0 Å². The molecule has 15 heavy (non-hydrogen) atoms. The Morgan fingerprint density at radius 1 is 1.13 bits per heavy atom. The fraction of sp³-hybridized carbons (Fsp3) is 0.692. The summed E-state index contributed by atoms with van der Waals surface area (Å²) in [5.74, 6) is 1.03. The van der Waals surface area contributed by atoms with Crippen LogP contribution in [0.15, 0.2) is 22.8 Å². The Labute approximate surface area is 93.1 Å². The first kappa shape index (κ1) is 12.3. The molecule has 1 heterocycles. The van der Waals surface area contributed by atoms with E-state index in [1.54, 1.807) is 6.26 Å². The third kappa shape index (κ3) is 6.34. The molecule has 0 aliphatic rings. The Kier molecular flexibility index (Phi) is 7.01. The third-order valence-electron chi connectivity index (χ3n) is 2.59. The van der Waals surface area contributed by atoms with Crippen LogP contribution in [-0.4, -0.2) is 6.54 Å². The molecule has 0 bridgehead atoms. The zero-order chi connectivity index (χ0) is 10.8. The summed E-state index contributed by atoms with van der Waals surface area (Å²) < 4.78 is 5.23. The molecule has 0 saturated carbocycles. The van der Waals surface area contributed by atoms with Crippen LogP contribution in [0.3, 0.4) is 0 Å². The zero-order valence-corrected chi connectivity index (χ0v) is 9.80. The molecule has 86 valence electrons. The van der Waals surface area contributed by atoms with Gasteiger partial charge in [0, 0.05) is 0 Å². The van der Waals surface area contributed by atoms with Crippen LogP contribution in [0.5, 0.6) is 0 Å². The first-order valence-electron chi connectivity index (χ1n) is 6.16. The monoisotopic (exact) mass is 209 g/mol. The number of unbranched alkanes of at least 4 members (excludes halogenated alkanes) is 5. The van der Waals surface area contributed by atoms with Gasteiger partial charge in [0.05, 0.1) is 12.8 Å². The van der Waals surface area contributed by atoms with Gasteiger partial charge in [0.15, 0.2) is 0 Å². The predicted molar refractivity (Wildman–Crippen MR) is 63.8 cm³/mol. The summed E-state index contributed by atoms with van der Waals surface area (Å²) in [6.07, 6.45) is 9.86. The molecule has 1 N–H and O–H groups in total. The summed E-state index contributed by atoms with van der Waals surface area (Å²) in [6.45, 7) is 4.22. The van der Waals surface area contributed by atoms with E-state index in [1.165, 1.54) is 38.5 Å². The first-order chi connectivity index (χ1) is 7.43. The summed E-state index contributed by atoms with van der Waals surface area (Å²) in [5.41, 5.74) is 0. The number of furan rings is 1. The van der Waals surface area contributed by atoms with Crippen LogP contribution in [-0.2, 0) is 6.54 Å². The van der Waals surface area contributed by atoms with Crippen molar-refractivity contribution < 1.29 is 4.42 Å². The molecule has 0 radical (unpaired) electrons. The van der Waals surface area contributed by atoms with Gasteiger partial charge in [-0.1, -0.05) is 39.0 Å². The van der Waals surface area contributed by atoms with E-state index in [0.717, 1.165) is 18.8 Å². The minimum absolute atomic E-state index is 0.863. The van der Waals surface area contributed by atoms with Gasteiger partial charge < -0.3 is 9.73 Å². The van der Waals surface area contributed by atoms with Crippen molar-refractivity contribution in [1.82, 2.24) is 5.32 Å². The number of hydrogen-bond acceptors (Lipinski definition) is 2. The van der Waals surface area contributed by atoms with Gasteiger partial charge in [-0.3, -0.25) is 0 Å². The molecule has 0 spiro atoms. The minimum Gasteiger partial charge on any atom is -0.468 e. The molecule has 2 heteroatoms. The molecule has 1 aromatic rings. The molecule has 0 aliphatic carbocycles. The third-order valence-corrected chi connectivity index (χ3v) is 2.59. The van der Waals surface area contributed by atoms with Crippen LogP contribution in [0, 0.1) is 0 Å². The molecule has 2 nitrogen and oxygen atoms in total. The Balaban J connectivity index is 1.81. The lowest BCUT2D eigenvalue weighted by Gasteiger charge is -2.02. The summed E-state index contributed by atoms with van der Waals surface area (Å²) in [7, 11) is 0. The second kappa shape index (κ2) is 8.54. The maximum Gasteiger partial charge on any atom is 0.117 e. The lowest BCUT2D eigenvalue weighted by molar-refractivity contribution is 0.476. The molecule has 0 amide bonds. The fourth-order valence-corrected chi connectivity index (χ4v) is 1.66. The van der Waals surface area contributed by atoms with Crippen LogP contribution in [0.4, 0.5) is 0 Å². The molecular weight excluding hydrogens is 186 g/mol. The van der Waals surface area contributed by atoms with E-state index < -0.39 is 0 Å². The molecule has 0 saturated heterocycles. The van der Waals surface area contributed by atoms with Crippen LogP contribution >= 0.6 is 0 Å². The predicted octanol–water partition coefficient (Wildman–Crippen LogP) is 3.73. The van der Waals surface area contributed by atoms with Gasteiger partial charge in [0.1, 0.15) is 5.76 Å². The summed E-state index contributed by atoms with van der Waals surface area (Å²) in [4.78, 5) is 0. The van der Waals surface area contributed by atoms with Crippen molar-refractivity contribution in [2.24, 2.45) is 0 Å². The molecule has 0 unspecified atom stereocenters. The second-order valence-electron chi connectivity index (χ2n) is 4.02. The summed E-state index contributed by atoms with van der Waals surface area (Å²) in [5, 5.41) is 3.38. The first-order valence-corrected chi connectivity index (χ1v) is 6.16. The molecule has 1 aromatic heterocycles. The fourth-order valence-electron chi connectivity index (χ4n) is 1.66. The van der Waals surface area contributed by atoms with E-state index in [9.17, 15) is 0 Å². The second-order valence-corrected chi connectivity index (χ2v) is 4.02. The van der Waals surface area contributed by atoms with Gasteiger partial charge in [0.2, 0.25) is 0 Å². The van der Waals surface area contributed by atoms with Gasteiger partial charge in [-0.25, -0.2) is 0 Å². The average molecular weight is 209 g/mol. The van der Waals surface area contributed by atoms with Crippen molar-refractivity contribution in [3.8, 4) is 0 Å². The highest BCUT2D eigenvalue weighted by Crippen LogP contribution is 2.04. The minimum atomic E-state index is 0.863. The number of hydrogen-bond donors (Lipinski definition) is 1. The number of nitrogens with one attached hydrogen (secondary N) is 1. The average Bonchev–Trinajstić information content (AvgIpc) is 2.75. The van der Waals surface area contributed by atoms with Gasteiger partial charge in [-0.05, 0) is 25.1 Å². The smallest absolute Gasteiger partial charge is 0.117 e. The van der Waals surface area contributed by atoms with Gasteiger partial charge >= 0.3 is 0 Å². The Morgan fingerprint density at radius 3 is 2.67 bits per heavy atom. The van der Waals surface area contributed by atoms with Crippen molar-refractivity contribution in [2.45, 2.75) is 52.0 Å². The molecule has 0 aromatic carbocycles. The zero-order valence-electron chi connectivity index (χ0n) is 9.80. The van der Waals surface area contributed by atoms with Gasteiger partial charge in [0.25, 0.3) is 0 Å². The Morgan fingerprint density at radius 2 is 1.93 bits per heavy atom. The standard InChI is InChI=1S/C13H23NO/c1-2-3-4-5-6-7-10-14-12-13-9-8-11-15-13/h8-9,11,14H,2-7,10,12H2,1H3. The van der Waals surface area contributed by atoms with Crippen LogP contribution in [0.25, 0.3) is 0 Å². The lowest BCUT2D eigenvalue weighted by Crippen LogP contribution is -2.13. The highest BCUT2D eigenvalue weighted by atomic mass is 16.3. The van der Waals surface area contributed by atoms with Crippen molar-refractivity contribution in [3.63, 3.8) is 0 Å². The van der Waals surface area contributed by atoms with E-state index in [-0.39, 0.29) is 0 Å². The van der Waals surface area contributed by atoms with E-state index in [4.69, 9.17) is 4.42 Å². The topological polar surface area (TPSA) is 25.2 Å². The van der Waals surface area contributed by atoms with Crippen LogP contribution in [0.1, 0.15) is 51.2 Å². The normalized spacial score (nSPS) is 10.7. The van der Waals surface area contributed by atoms with Crippen LogP contribution in [0.2, 0.25) is 0 Å². The maximum atomic E-state index is 5.23. The summed E-state index contributed by atoms with van der Waals surface area (Å²) in [6, 6.07) is 3.94. The Hall–Kier alpha value is -0.760. The lowest BCUT2D eigenvalue weighted by atomic mass is 10.1. The van der Waals surface area contributed by atoms with E-state index in [2.05, 4.69) is 12.2 Å². The highest BCUT2D eigenvalue weighted by molar-refractivity contribution is 4.97. The van der Waals surface area contributed by atoms with Crippen molar-refractivity contribution in [1.29, 1.82) is 0 Å². The maximum absolute atomic E-state index is 5.23. The molecule has 0 aliphatic heterocycles. The van der Waals surface area contributed by atoms with Crippen molar-refractivity contribution in [2.75, 3.05) is 6.54 Å². The SMILES string of the molecule is CCCCCCCCNCc1ccco1. The highest BCUT2D eigenvalue weighted by Gasteiger charge is 1.94. The van der Waals surface area contributed by atoms with Crippen molar-refractivity contribution >= 4 is 0 Å². The van der Waals surface area contributed by atoms with E-state index in [1.807, 2.05) is 12.1 Å². The van der Waals surface area contributed by atoms with Gasteiger partial charge in [-0.2, -0.15) is 0 Å². The summed E-state index contributed by atoms with van der Waals surface area (Å²) >= 11 is 0. The van der Waals surface area contributed by atoms with Crippen molar-refractivity contribution in [3.05, 3.63) is 24.2 Å². The van der Waals surface area contributed by atoms with Gasteiger partial charge in [-0.15, -0.1) is 0 Å².